The summed E-state index contributed by atoms with van der Waals surface area (Å²) in [6.07, 6.45) is 3.12. The maximum Gasteiger partial charge on any atom is 0.254 e. The summed E-state index contributed by atoms with van der Waals surface area (Å²) in [5, 5.41) is 4.03. The first kappa shape index (κ1) is 10.5. The molecule has 2 N–H and O–H groups in total. The highest BCUT2D eigenvalue weighted by Gasteiger charge is 2.09. The molecule has 0 fully saturated rings. The predicted molar refractivity (Wildman–Crippen MR) is 67.2 cm³/mol. The molecule has 0 aliphatic carbocycles. The van der Waals surface area contributed by atoms with Crippen LogP contribution in [0.5, 0.6) is 5.75 Å². The summed E-state index contributed by atoms with van der Waals surface area (Å²) in [5.74, 6) is 1.81. The molecule has 0 unspecified atom stereocenters. The lowest BCUT2D eigenvalue weighted by atomic mass is 10.1. The highest BCUT2D eigenvalue weighted by molar-refractivity contribution is 5.74. The molecule has 2 aromatic heterocycles. The standard InChI is InChI=1S/C12H11N5O/c1-18-9-4-2-8(3-5-9)10-6-14-12-15-7-16-17(12)11(10)13/h2-7H,13H2,1H3. The van der Waals surface area contributed by atoms with E-state index in [-0.39, 0.29) is 0 Å². The van der Waals surface area contributed by atoms with E-state index < -0.39 is 0 Å². The maximum absolute atomic E-state index is 6.06. The Bertz CT molecular complexity index is 689. The smallest absolute Gasteiger partial charge is 0.254 e. The van der Waals surface area contributed by atoms with E-state index in [0.29, 0.717) is 11.6 Å². The van der Waals surface area contributed by atoms with E-state index in [4.69, 9.17) is 10.5 Å². The number of nitrogens with two attached hydrogens (primary N) is 1. The Morgan fingerprint density at radius 2 is 1.94 bits per heavy atom. The van der Waals surface area contributed by atoms with Gasteiger partial charge >= 0.3 is 0 Å². The van der Waals surface area contributed by atoms with Crippen molar-refractivity contribution in [3.05, 3.63) is 36.8 Å². The Morgan fingerprint density at radius 1 is 1.17 bits per heavy atom. The highest BCUT2D eigenvalue weighted by Crippen LogP contribution is 2.26. The predicted octanol–water partition coefficient (Wildman–Crippen LogP) is 1.38. The summed E-state index contributed by atoms with van der Waals surface area (Å²) in [4.78, 5) is 8.18. The number of nitrogen functional groups attached to an aromatic ring is 1. The second kappa shape index (κ2) is 3.99. The van der Waals surface area contributed by atoms with Gasteiger partial charge in [0.15, 0.2) is 0 Å². The Morgan fingerprint density at radius 3 is 2.67 bits per heavy atom. The molecular formula is C12H11N5O. The molecule has 0 radical (unpaired) electrons. The third-order valence-electron chi connectivity index (χ3n) is 2.74. The molecule has 0 aliphatic rings. The first-order valence-electron chi connectivity index (χ1n) is 5.38. The number of nitrogens with zero attached hydrogens (tertiary/aromatic N) is 4. The summed E-state index contributed by atoms with van der Waals surface area (Å²) in [5.41, 5.74) is 7.83. The number of rotatable bonds is 2. The molecule has 0 aliphatic heterocycles. The molecule has 0 saturated carbocycles. The Kier molecular flexibility index (Phi) is 2.33. The van der Waals surface area contributed by atoms with Crippen molar-refractivity contribution in [2.75, 3.05) is 12.8 Å². The van der Waals surface area contributed by atoms with Gasteiger partial charge in [0, 0.05) is 11.8 Å². The number of hydrogen-bond acceptors (Lipinski definition) is 5. The number of hydrogen-bond donors (Lipinski definition) is 1. The molecule has 6 heteroatoms. The highest BCUT2D eigenvalue weighted by atomic mass is 16.5. The summed E-state index contributed by atoms with van der Waals surface area (Å²) >= 11 is 0. The van der Waals surface area contributed by atoms with E-state index >= 15 is 0 Å². The number of fused-ring (bicyclic) bond motifs is 1. The van der Waals surface area contributed by atoms with Crippen LogP contribution in [0.2, 0.25) is 0 Å². The molecule has 0 bridgehead atoms. The number of aromatic nitrogens is 4. The van der Waals surface area contributed by atoms with Gasteiger partial charge in [-0.2, -0.15) is 14.6 Å². The molecule has 0 amide bonds. The van der Waals surface area contributed by atoms with Crippen LogP contribution in [0.4, 0.5) is 5.82 Å². The Labute approximate surface area is 103 Å². The zero-order valence-corrected chi connectivity index (χ0v) is 9.74. The summed E-state index contributed by atoms with van der Waals surface area (Å²) in [7, 11) is 1.63. The average molecular weight is 241 g/mol. The van der Waals surface area contributed by atoms with Crippen LogP contribution in [0.25, 0.3) is 16.9 Å². The molecule has 1 aromatic carbocycles. The fraction of sp³-hybridized carbons (Fsp3) is 0.0833. The van der Waals surface area contributed by atoms with Gasteiger partial charge in [-0.3, -0.25) is 0 Å². The summed E-state index contributed by atoms with van der Waals surface area (Å²) in [6, 6.07) is 7.60. The van der Waals surface area contributed by atoms with Crippen LogP contribution in [0.1, 0.15) is 0 Å². The zero-order chi connectivity index (χ0) is 12.5. The second-order valence-corrected chi connectivity index (χ2v) is 3.76. The normalized spacial score (nSPS) is 10.7. The SMILES string of the molecule is COc1ccc(-c2cnc3ncnn3c2N)cc1. The minimum atomic E-state index is 0.491. The van der Waals surface area contributed by atoms with Gasteiger partial charge in [-0.1, -0.05) is 12.1 Å². The molecular weight excluding hydrogens is 230 g/mol. The lowest BCUT2D eigenvalue weighted by Crippen LogP contribution is -2.02. The van der Waals surface area contributed by atoms with Crippen LogP contribution in [0.15, 0.2) is 36.8 Å². The molecule has 18 heavy (non-hydrogen) atoms. The quantitative estimate of drug-likeness (QED) is 0.733. The number of anilines is 1. The van der Waals surface area contributed by atoms with Gasteiger partial charge in [-0.05, 0) is 17.7 Å². The minimum Gasteiger partial charge on any atom is -0.497 e. The monoisotopic (exact) mass is 241 g/mol. The second-order valence-electron chi connectivity index (χ2n) is 3.76. The van der Waals surface area contributed by atoms with Gasteiger partial charge in [0.05, 0.1) is 7.11 Å². The molecule has 0 saturated heterocycles. The lowest BCUT2D eigenvalue weighted by Gasteiger charge is -2.07. The molecule has 3 rings (SSSR count). The zero-order valence-electron chi connectivity index (χ0n) is 9.74. The van der Waals surface area contributed by atoms with Crippen LogP contribution in [-0.4, -0.2) is 26.7 Å². The molecule has 0 atom stereocenters. The van der Waals surface area contributed by atoms with Crippen molar-refractivity contribution in [2.24, 2.45) is 0 Å². The Balaban J connectivity index is 2.15. The van der Waals surface area contributed by atoms with Crippen LogP contribution >= 0.6 is 0 Å². The minimum absolute atomic E-state index is 0.491. The third kappa shape index (κ3) is 1.55. The third-order valence-corrected chi connectivity index (χ3v) is 2.74. The molecule has 3 aromatic rings. The first-order chi connectivity index (χ1) is 8.79. The van der Waals surface area contributed by atoms with E-state index in [2.05, 4.69) is 15.1 Å². The van der Waals surface area contributed by atoms with Crippen LogP contribution in [-0.2, 0) is 0 Å². The van der Waals surface area contributed by atoms with Gasteiger partial charge in [-0.15, -0.1) is 0 Å². The van der Waals surface area contributed by atoms with E-state index in [9.17, 15) is 0 Å². The van der Waals surface area contributed by atoms with Crippen molar-refractivity contribution < 1.29 is 4.74 Å². The average Bonchev–Trinajstić information content (AvgIpc) is 2.89. The fourth-order valence-electron chi connectivity index (χ4n) is 1.79. The van der Waals surface area contributed by atoms with E-state index in [1.54, 1.807) is 13.3 Å². The van der Waals surface area contributed by atoms with E-state index in [0.717, 1.165) is 16.9 Å². The Hall–Kier alpha value is -2.63. The van der Waals surface area contributed by atoms with E-state index in [1.807, 2.05) is 24.3 Å². The van der Waals surface area contributed by atoms with Crippen molar-refractivity contribution in [3.63, 3.8) is 0 Å². The van der Waals surface area contributed by atoms with Gasteiger partial charge in [0.1, 0.15) is 17.9 Å². The van der Waals surface area contributed by atoms with Crippen LogP contribution < -0.4 is 10.5 Å². The molecule has 2 heterocycles. The molecule has 0 spiro atoms. The fourth-order valence-corrected chi connectivity index (χ4v) is 1.79. The van der Waals surface area contributed by atoms with Gasteiger partial charge < -0.3 is 10.5 Å². The van der Waals surface area contributed by atoms with Crippen molar-refractivity contribution in [2.45, 2.75) is 0 Å². The lowest BCUT2D eigenvalue weighted by molar-refractivity contribution is 0.415. The summed E-state index contributed by atoms with van der Waals surface area (Å²) < 4.78 is 6.63. The van der Waals surface area contributed by atoms with E-state index in [1.165, 1.54) is 10.8 Å². The van der Waals surface area contributed by atoms with Gasteiger partial charge in [0.25, 0.3) is 5.78 Å². The summed E-state index contributed by atoms with van der Waals surface area (Å²) in [6.45, 7) is 0. The van der Waals surface area contributed by atoms with Crippen LogP contribution in [0.3, 0.4) is 0 Å². The number of benzene rings is 1. The molecule has 90 valence electrons. The van der Waals surface area contributed by atoms with Crippen molar-refractivity contribution in [1.29, 1.82) is 0 Å². The van der Waals surface area contributed by atoms with Crippen molar-refractivity contribution in [1.82, 2.24) is 19.6 Å². The topological polar surface area (TPSA) is 78.3 Å². The van der Waals surface area contributed by atoms with Gasteiger partial charge in [-0.25, -0.2) is 4.98 Å². The van der Waals surface area contributed by atoms with Crippen molar-refractivity contribution in [3.8, 4) is 16.9 Å². The first-order valence-corrected chi connectivity index (χ1v) is 5.38. The maximum atomic E-state index is 6.06. The van der Waals surface area contributed by atoms with Crippen molar-refractivity contribution >= 4 is 11.6 Å². The number of methoxy groups -OCH3 is 1. The largest absolute Gasteiger partial charge is 0.497 e. The number of ether oxygens (including phenoxy) is 1. The molecule has 6 nitrogen and oxygen atoms in total. The van der Waals surface area contributed by atoms with Crippen LogP contribution in [0, 0.1) is 0 Å². The van der Waals surface area contributed by atoms with Gasteiger partial charge in [0.2, 0.25) is 0 Å².